The summed E-state index contributed by atoms with van der Waals surface area (Å²) in [5.74, 6) is -0.523. The van der Waals surface area contributed by atoms with Crippen LogP contribution in [0.4, 0.5) is 0 Å². The molecule has 0 amide bonds. The molecule has 2 saturated carbocycles. The zero-order valence-electron chi connectivity index (χ0n) is 6.33. The van der Waals surface area contributed by atoms with E-state index in [1.165, 1.54) is 0 Å². The SMILES string of the molecule is C[C@H]1CC(=O)[C@@]2(C(=O)O)C[C@@H]12. The molecule has 0 spiro atoms. The molecule has 0 saturated heterocycles. The van der Waals surface area contributed by atoms with E-state index in [9.17, 15) is 9.59 Å². The predicted molar refractivity (Wildman–Crippen MR) is 37.0 cm³/mol. The summed E-state index contributed by atoms with van der Waals surface area (Å²) in [7, 11) is 0. The standard InChI is InChI=1S/C8H10O3/c1-4-2-6(9)8(7(10)11)3-5(4)8/h4-5H,2-3H2,1H3,(H,10,11)/t4-,5-,8+/m0/s1. The average Bonchev–Trinajstić information content (AvgIpc) is 2.56. The van der Waals surface area contributed by atoms with Gasteiger partial charge in [0.1, 0.15) is 5.41 Å². The Morgan fingerprint density at radius 1 is 1.73 bits per heavy atom. The minimum Gasteiger partial charge on any atom is -0.480 e. The molecular weight excluding hydrogens is 144 g/mol. The first-order valence-corrected chi connectivity index (χ1v) is 3.85. The van der Waals surface area contributed by atoms with Crippen LogP contribution in [0.2, 0.25) is 0 Å². The van der Waals surface area contributed by atoms with Gasteiger partial charge in [0, 0.05) is 6.42 Å². The lowest BCUT2D eigenvalue weighted by molar-refractivity contribution is -0.147. The van der Waals surface area contributed by atoms with Crippen molar-refractivity contribution in [2.75, 3.05) is 0 Å². The fourth-order valence-corrected chi connectivity index (χ4v) is 2.28. The van der Waals surface area contributed by atoms with Crippen LogP contribution in [0, 0.1) is 17.3 Å². The van der Waals surface area contributed by atoms with Crippen molar-refractivity contribution in [3.63, 3.8) is 0 Å². The van der Waals surface area contributed by atoms with Crippen LogP contribution in [0.1, 0.15) is 19.8 Å². The minimum absolute atomic E-state index is 0.0532. The van der Waals surface area contributed by atoms with Crippen molar-refractivity contribution in [3.8, 4) is 0 Å². The Labute approximate surface area is 64.4 Å². The van der Waals surface area contributed by atoms with E-state index in [4.69, 9.17) is 5.11 Å². The quantitative estimate of drug-likeness (QED) is 0.565. The maximum absolute atomic E-state index is 11.2. The van der Waals surface area contributed by atoms with E-state index in [1.807, 2.05) is 6.92 Å². The normalized spacial score (nSPS) is 47.2. The van der Waals surface area contributed by atoms with Gasteiger partial charge in [-0.05, 0) is 18.3 Å². The summed E-state index contributed by atoms with van der Waals surface area (Å²) in [4.78, 5) is 21.9. The Hall–Kier alpha value is -0.860. The summed E-state index contributed by atoms with van der Waals surface area (Å²) in [6.07, 6.45) is 1.05. The highest BCUT2D eigenvalue weighted by Crippen LogP contribution is 2.63. The smallest absolute Gasteiger partial charge is 0.317 e. The van der Waals surface area contributed by atoms with Crippen molar-refractivity contribution in [3.05, 3.63) is 0 Å². The molecule has 0 aromatic rings. The predicted octanol–water partition coefficient (Wildman–Crippen LogP) is 0.686. The second-order valence-corrected chi connectivity index (χ2v) is 3.69. The van der Waals surface area contributed by atoms with Gasteiger partial charge in [0.05, 0.1) is 0 Å². The highest BCUT2D eigenvalue weighted by atomic mass is 16.4. The van der Waals surface area contributed by atoms with Gasteiger partial charge in [0.15, 0.2) is 5.78 Å². The van der Waals surface area contributed by atoms with Crippen LogP contribution in [0.5, 0.6) is 0 Å². The third-order valence-corrected chi connectivity index (χ3v) is 3.09. The summed E-state index contributed by atoms with van der Waals surface area (Å²) < 4.78 is 0. The summed E-state index contributed by atoms with van der Waals surface area (Å²) in [6, 6.07) is 0. The third kappa shape index (κ3) is 0.588. The van der Waals surface area contributed by atoms with Crippen LogP contribution < -0.4 is 0 Å². The summed E-state index contributed by atoms with van der Waals surface area (Å²) >= 11 is 0. The largest absolute Gasteiger partial charge is 0.480 e. The molecule has 0 unspecified atom stereocenters. The Balaban J connectivity index is 2.33. The van der Waals surface area contributed by atoms with Gasteiger partial charge in [0.2, 0.25) is 0 Å². The molecule has 0 heterocycles. The van der Waals surface area contributed by atoms with Crippen molar-refractivity contribution in [1.82, 2.24) is 0 Å². The molecule has 3 atom stereocenters. The van der Waals surface area contributed by atoms with E-state index >= 15 is 0 Å². The van der Waals surface area contributed by atoms with Crippen molar-refractivity contribution in [2.45, 2.75) is 19.8 Å². The summed E-state index contributed by atoms with van der Waals surface area (Å²) in [5.41, 5.74) is -0.931. The molecule has 0 aliphatic heterocycles. The van der Waals surface area contributed by atoms with E-state index in [-0.39, 0.29) is 11.7 Å². The molecule has 3 nitrogen and oxygen atoms in total. The topological polar surface area (TPSA) is 54.4 Å². The number of hydrogen-bond acceptors (Lipinski definition) is 2. The number of carbonyl (C=O) groups is 2. The Kier molecular flexibility index (Phi) is 1.03. The molecule has 3 heteroatoms. The fourth-order valence-electron chi connectivity index (χ4n) is 2.28. The number of rotatable bonds is 1. The van der Waals surface area contributed by atoms with E-state index in [2.05, 4.69) is 0 Å². The zero-order chi connectivity index (χ0) is 8.22. The first kappa shape index (κ1) is 6.83. The molecule has 60 valence electrons. The van der Waals surface area contributed by atoms with Gasteiger partial charge in [-0.25, -0.2) is 0 Å². The number of carbonyl (C=O) groups excluding carboxylic acids is 1. The van der Waals surface area contributed by atoms with E-state index in [1.54, 1.807) is 0 Å². The van der Waals surface area contributed by atoms with Crippen molar-refractivity contribution in [1.29, 1.82) is 0 Å². The first-order valence-electron chi connectivity index (χ1n) is 3.85. The maximum atomic E-state index is 11.2. The number of fused-ring (bicyclic) bond motifs is 1. The molecule has 0 aromatic heterocycles. The van der Waals surface area contributed by atoms with Crippen LogP contribution >= 0.6 is 0 Å². The molecule has 2 aliphatic rings. The monoisotopic (exact) mass is 154 g/mol. The van der Waals surface area contributed by atoms with Gasteiger partial charge < -0.3 is 5.11 Å². The minimum atomic E-state index is -0.931. The van der Waals surface area contributed by atoms with Gasteiger partial charge in [-0.1, -0.05) is 6.92 Å². The van der Waals surface area contributed by atoms with Gasteiger partial charge in [-0.2, -0.15) is 0 Å². The van der Waals surface area contributed by atoms with E-state index < -0.39 is 11.4 Å². The summed E-state index contributed by atoms with van der Waals surface area (Å²) in [6.45, 7) is 1.96. The van der Waals surface area contributed by atoms with Gasteiger partial charge >= 0.3 is 5.97 Å². The average molecular weight is 154 g/mol. The zero-order valence-corrected chi connectivity index (χ0v) is 6.33. The lowest BCUT2D eigenvalue weighted by Crippen LogP contribution is -2.22. The molecule has 11 heavy (non-hydrogen) atoms. The Morgan fingerprint density at radius 3 is 2.55 bits per heavy atom. The van der Waals surface area contributed by atoms with Crippen molar-refractivity contribution >= 4 is 11.8 Å². The van der Waals surface area contributed by atoms with E-state index in [0.29, 0.717) is 18.8 Å². The number of carboxylic acids is 1. The summed E-state index contributed by atoms with van der Waals surface area (Å²) in [5, 5.41) is 8.78. The number of carboxylic acid groups (broad SMARTS) is 1. The highest BCUT2D eigenvalue weighted by molar-refractivity contribution is 6.08. The molecule has 0 bridgehead atoms. The highest BCUT2D eigenvalue weighted by Gasteiger charge is 2.71. The second-order valence-electron chi connectivity index (χ2n) is 3.69. The molecule has 0 aromatic carbocycles. The van der Waals surface area contributed by atoms with Crippen LogP contribution in [0.3, 0.4) is 0 Å². The first-order chi connectivity index (χ1) is 5.09. The Bertz CT molecular complexity index is 246. The molecule has 2 aliphatic carbocycles. The lowest BCUT2D eigenvalue weighted by Gasteiger charge is -2.00. The molecule has 2 rings (SSSR count). The van der Waals surface area contributed by atoms with Gasteiger partial charge in [0.25, 0.3) is 0 Å². The number of aliphatic carboxylic acids is 1. The van der Waals surface area contributed by atoms with Crippen LogP contribution in [-0.2, 0) is 9.59 Å². The molecule has 0 radical (unpaired) electrons. The van der Waals surface area contributed by atoms with Crippen LogP contribution in [0.25, 0.3) is 0 Å². The van der Waals surface area contributed by atoms with Crippen LogP contribution in [0.15, 0.2) is 0 Å². The number of Topliss-reactive ketones (excluding diaryl/α,β-unsaturated/α-hetero) is 1. The van der Waals surface area contributed by atoms with Crippen molar-refractivity contribution < 1.29 is 14.7 Å². The lowest BCUT2D eigenvalue weighted by atomic mass is 10.0. The Morgan fingerprint density at radius 2 is 2.36 bits per heavy atom. The van der Waals surface area contributed by atoms with Gasteiger partial charge in [-0.3, -0.25) is 9.59 Å². The molecular formula is C8H10O3. The van der Waals surface area contributed by atoms with Crippen LogP contribution in [-0.4, -0.2) is 16.9 Å². The van der Waals surface area contributed by atoms with E-state index in [0.717, 1.165) is 0 Å². The van der Waals surface area contributed by atoms with Gasteiger partial charge in [-0.15, -0.1) is 0 Å². The number of hydrogen-bond donors (Lipinski definition) is 1. The van der Waals surface area contributed by atoms with Crippen molar-refractivity contribution in [2.24, 2.45) is 17.3 Å². The molecule has 1 N–H and O–H groups in total. The molecule has 2 fully saturated rings. The maximum Gasteiger partial charge on any atom is 0.317 e. The second kappa shape index (κ2) is 1.65. The fraction of sp³-hybridized carbons (Fsp3) is 0.750. The third-order valence-electron chi connectivity index (χ3n) is 3.09. The number of ketones is 1.